The lowest BCUT2D eigenvalue weighted by atomic mass is 10.1. The van der Waals surface area contributed by atoms with E-state index in [-0.39, 0.29) is 5.75 Å². The molecule has 0 saturated heterocycles. The Morgan fingerprint density at radius 3 is 2.50 bits per heavy atom. The van der Waals surface area contributed by atoms with Gasteiger partial charge in [-0.25, -0.2) is 8.42 Å². The van der Waals surface area contributed by atoms with E-state index in [1.165, 1.54) is 0 Å². The molecule has 1 rings (SSSR count). The van der Waals surface area contributed by atoms with Gasteiger partial charge in [0.25, 0.3) is 0 Å². The molecular formula is C11H16O2S. The second-order valence-corrected chi connectivity index (χ2v) is 5.58. The Morgan fingerprint density at radius 1 is 1.21 bits per heavy atom. The van der Waals surface area contributed by atoms with Gasteiger partial charge in [-0.05, 0) is 24.1 Å². The van der Waals surface area contributed by atoms with E-state index in [2.05, 4.69) is 6.92 Å². The highest BCUT2D eigenvalue weighted by atomic mass is 32.2. The quantitative estimate of drug-likeness (QED) is 0.768. The lowest BCUT2D eigenvalue weighted by Gasteiger charge is -2.03. The normalized spacial score (nSPS) is 11.6. The van der Waals surface area contributed by atoms with Gasteiger partial charge in [-0.3, -0.25) is 0 Å². The van der Waals surface area contributed by atoms with E-state index >= 15 is 0 Å². The minimum absolute atomic E-state index is 0.169. The van der Waals surface area contributed by atoms with Crippen molar-refractivity contribution < 1.29 is 8.42 Å². The zero-order valence-electron chi connectivity index (χ0n) is 8.66. The molecule has 0 aliphatic rings. The number of sulfone groups is 1. The Labute approximate surface area is 85.9 Å². The maximum absolute atomic E-state index is 11.6. The number of hydrogen-bond acceptors (Lipinski definition) is 2. The fourth-order valence-electron chi connectivity index (χ4n) is 1.35. The molecule has 0 atom stereocenters. The molecule has 0 N–H and O–H groups in total. The van der Waals surface area contributed by atoms with Crippen LogP contribution >= 0.6 is 0 Å². The summed E-state index contributed by atoms with van der Waals surface area (Å²) in [7, 11) is -3.04. The third-order valence-electron chi connectivity index (χ3n) is 2.18. The van der Waals surface area contributed by atoms with E-state index in [4.69, 9.17) is 0 Å². The van der Waals surface area contributed by atoms with E-state index < -0.39 is 9.84 Å². The first-order valence-corrected chi connectivity index (χ1v) is 6.57. The number of aryl methyl sites for hydroxylation is 1. The highest BCUT2D eigenvalue weighted by Crippen LogP contribution is 2.14. The molecule has 0 radical (unpaired) electrons. The summed E-state index contributed by atoms with van der Waals surface area (Å²) in [6.07, 6.45) is 1.97. The van der Waals surface area contributed by atoms with Crippen LogP contribution in [-0.2, 0) is 16.3 Å². The van der Waals surface area contributed by atoms with Crippen LogP contribution in [0.4, 0.5) is 0 Å². The van der Waals surface area contributed by atoms with E-state index in [9.17, 15) is 8.42 Å². The van der Waals surface area contributed by atoms with Gasteiger partial charge in [0.15, 0.2) is 9.84 Å². The van der Waals surface area contributed by atoms with Crippen LogP contribution in [0.25, 0.3) is 0 Å². The van der Waals surface area contributed by atoms with Gasteiger partial charge in [0.1, 0.15) is 0 Å². The van der Waals surface area contributed by atoms with Crippen LogP contribution in [0.1, 0.15) is 25.8 Å². The van der Waals surface area contributed by atoms with Crippen molar-refractivity contribution in [2.24, 2.45) is 0 Å². The summed E-state index contributed by atoms with van der Waals surface area (Å²) in [4.78, 5) is 0.450. The molecule has 1 aromatic rings. The van der Waals surface area contributed by atoms with Crippen molar-refractivity contribution in [3.8, 4) is 0 Å². The Morgan fingerprint density at radius 2 is 1.93 bits per heavy atom. The standard InChI is InChI=1S/C11H16O2S/c1-3-6-10-7-5-8-11(9-10)14(12,13)4-2/h5,7-9H,3-4,6H2,1-2H3. The van der Waals surface area contributed by atoms with Crippen LogP contribution in [0.2, 0.25) is 0 Å². The predicted octanol–water partition coefficient (Wildman–Crippen LogP) is 2.43. The third kappa shape index (κ3) is 2.58. The monoisotopic (exact) mass is 212 g/mol. The van der Waals surface area contributed by atoms with E-state index in [1.807, 2.05) is 12.1 Å². The van der Waals surface area contributed by atoms with Crippen LogP contribution < -0.4 is 0 Å². The molecule has 0 aromatic heterocycles. The van der Waals surface area contributed by atoms with Gasteiger partial charge < -0.3 is 0 Å². The summed E-state index contributed by atoms with van der Waals surface area (Å²) in [6, 6.07) is 7.23. The molecule has 0 saturated carbocycles. The molecule has 1 aromatic carbocycles. The second-order valence-electron chi connectivity index (χ2n) is 3.30. The molecule has 0 unspecified atom stereocenters. The van der Waals surface area contributed by atoms with Crippen LogP contribution in [0.3, 0.4) is 0 Å². The lowest BCUT2D eigenvalue weighted by molar-refractivity contribution is 0.597. The highest BCUT2D eigenvalue weighted by molar-refractivity contribution is 7.91. The average molecular weight is 212 g/mol. The fourth-order valence-corrected chi connectivity index (χ4v) is 2.30. The van der Waals surface area contributed by atoms with Gasteiger partial charge in [-0.15, -0.1) is 0 Å². The Hall–Kier alpha value is -0.830. The summed E-state index contributed by atoms with van der Waals surface area (Å²) in [5.41, 5.74) is 1.10. The summed E-state index contributed by atoms with van der Waals surface area (Å²) < 4.78 is 23.1. The van der Waals surface area contributed by atoms with Crippen LogP contribution in [0.5, 0.6) is 0 Å². The molecule has 3 heteroatoms. The molecule has 2 nitrogen and oxygen atoms in total. The Kier molecular flexibility index (Phi) is 3.69. The maximum Gasteiger partial charge on any atom is 0.178 e. The fraction of sp³-hybridized carbons (Fsp3) is 0.455. The Bertz CT molecular complexity index is 394. The average Bonchev–Trinajstić information content (AvgIpc) is 2.19. The SMILES string of the molecule is CCCc1cccc(S(=O)(=O)CC)c1. The topological polar surface area (TPSA) is 34.1 Å². The van der Waals surface area contributed by atoms with Crippen LogP contribution in [-0.4, -0.2) is 14.2 Å². The minimum Gasteiger partial charge on any atom is -0.224 e. The van der Waals surface area contributed by atoms with Crippen molar-refractivity contribution >= 4 is 9.84 Å². The van der Waals surface area contributed by atoms with Gasteiger partial charge in [0, 0.05) is 0 Å². The van der Waals surface area contributed by atoms with Crippen molar-refractivity contribution in [1.29, 1.82) is 0 Å². The van der Waals surface area contributed by atoms with E-state index in [1.54, 1.807) is 19.1 Å². The van der Waals surface area contributed by atoms with Crippen molar-refractivity contribution in [3.05, 3.63) is 29.8 Å². The molecule has 0 bridgehead atoms. The van der Waals surface area contributed by atoms with Gasteiger partial charge in [-0.1, -0.05) is 32.4 Å². The molecular weight excluding hydrogens is 196 g/mol. The molecule has 0 fully saturated rings. The van der Waals surface area contributed by atoms with Crippen molar-refractivity contribution in [2.45, 2.75) is 31.6 Å². The Balaban J connectivity index is 3.06. The number of rotatable bonds is 4. The summed E-state index contributed by atoms with van der Waals surface area (Å²) in [5.74, 6) is 0.169. The molecule has 0 aliphatic carbocycles. The largest absolute Gasteiger partial charge is 0.224 e. The first-order valence-electron chi connectivity index (χ1n) is 4.92. The van der Waals surface area contributed by atoms with Gasteiger partial charge in [0.05, 0.1) is 10.6 Å². The van der Waals surface area contributed by atoms with E-state index in [0.29, 0.717) is 4.90 Å². The minimum atomic E-state index is -3.04. The summed E-state index contributed by atoms with van der Waals surface area (Å²) in [6.45, 7) is 3.75. The zero-order valence-corrected chi connectivity index (χ0v) is 9.47. The molecule has 0 amide bonds. The first kappa shape index (κ1) is 11.2. The number of benzene rings is 1. The second kappa shape index (κ2) is 4.60. The molecule has 78 valence electrons. The number of hydrogen-bond donors (Lipinski definition) is 0. The van der Waals surface area contributed by atoms with Crippen molar-refractivity contribution in [3.63, 3.8) is 0 Å². The maximum atomic E-state index is 11.6. The van der Waals surface area contributed by atoms with Crippen molar-refractivity contribution in [2.75, 3.05) is 5.75 Å². The lowest BCUT2D eigenvalue weighted by Crippen LogP contribution is -2.03. The van der Waals surface area contributed by atoms with Gasteiger partial charge in [0.2, 0.25) is 0 Å². The molecule has 0 spiro atoms. The van der Waals surface area contributed by atoms with Crippen LogP contribution in [0.15, 0.2) is 29.2 Å². The van der Waals surface area contributed by atoms with Gasteiger partial charge >= 0.3 is 0 Å². The third-order valence-corrected chi connectivity index (χ3v) is 3.91. The molecule has 0 aliphatic heterocycles. The zero-order chi connectivity index (χ0) is 10.6. The summed E-state index contributed by atoms with van der Waals surface area (Å²) in [5, 5.41) is 0. The van der Waals surface area contributed by atoms with Crippen LogP contribution in [0, 0.1) is 0 Å². The van der Waals surface area contributed by atoms with Gasteiger partial charge in [-0.2, -0.15) is 0 Å². The summed E-state index contributed by atoms with van der Waals surface area (Å²) >= 11 is 0. The molecule has 0 heterocycles. The highest BCUT2D eigenvalue weighted by Gasteiger charge is 2.10. The first-order chi connectivity index (χ1) is 6.60. The predicted molar refractivity (Wildman–Crippen MR) is 58.2 cm³/mol. The van der Waals surface area contributed by atoms with E-state index in [0.717, 1.165) is 18.4 Å². The molecule has 14 heavy (non-hydrogen) atoms. The smallest absolute Gasteiger partial charge is 0.178 e. The van der Waals surface area contributed by atoms with Crippen molar-refractivity contribution in [1.82, 2.24) is 0 Å².